The topological polar surface area (TPSA) is 53.7 Å². The molecular weight excluding hydrogens is 230 g/mol. The summed E-state index contributed by atoms with van der Waals surface area (Å²) in [5, 5.41) is 0. The zero-order valence-corrected chi connectivity index (χ0v) is 11.3. The van der Waals surface area contributed by atoms with Crippen molar-refractivity contribution >= 4 is 0 Å². The van der Waals surface area contributed by atoms with Crippen LogP contribution in [0, 0.1) is 11.8 Å². The van der Waals surface area contributed by atoms with Crippen LogP contribution in [0.2, 0.25) is 0 Å². The predicted molar refractivity (Wildman–Crippen MR) is 68.3 cm³/mol. The molecule has 0 bridgehead atoms. The van der Waals surface area contributed by atoms with Gasteiger partial charge in [-0.15, -0.1) is 0 Å². The lowest BCUT2D eigenvalue weighted by Gasteiger charge is -2.41. The summed E-state index contributed by atoms with van der Waals surface area (Å²) < 4.78 is 17.1. The van der Waals surface area contributed by atoms with E-state index in [0.29, 0.717) is 11.8 Å². The molecule has 0 radical (unpaired) electrons. The third kappa shape index (κ3) is 2.44. The molecule has 4 atom stereocenters. The molecule has 4 unspecified atom stereocenters. The summed E-state index contributed by atoms with van der Waals surface area (Å²) in [6.07, 6.45) is 5.94. The van der Waals surface area contributed by atoms with Gasteiger partial charge >= 0.3 is 0 Å². The molecule has 104 valence electrons. The standard InChI is InChI=1S/C14H25NO3/c1-16-13(10-2-3-10)12(15)11-4-6-18-14(8-11)5-7-17-9-14/h10-13H,2-9,15H2,1H3. The molecule has 3 rings (SSSR count). The average Bonchev–Trinajstić information content (AvgIpc) is 3.13. The summed E-state index contributed by atoms with van der Waals surface area (Å²) in [5.74, 6) is 1.22. The van der Waals surface area contributed by atoms with E-state index in [9.17, 15) is 0 Å². The van der Waals surface area contributed by atoms with Gasteiger partial charge in [0.2, 0.25) is 0 Å². The van der Waals surface area contributed by atoms with Crippen LogP contribution in [0.25, 0.3) is 0 Å². The summed E-state index contributed by atoms with van der Waals surface area (Å²) in [7, 11) is 1.80. The first kappa shape index (κ1) is 12.9. The molecule has 0 aromatic carbocycles. The highest BCUT2D eigenvalue weighted by Gasteiger charge is 2.45. The molecule has 2 saturated heterocycles. The van der Waals surface area contributed by atoms with E-state index in [0.717, 1.165) is 39.1 Å². The van der Waals surface area contributed by atoms with Crippen molar-refractivity contribution in [3.8, 4) is 0 Å². The van der Waals surface area contributed by atoms with Crippen molar-refractivity contribution < 1.29 is 14.2 Å². The highest BCUT2D eigenvalue weighted by molar-refractivity contribution is 4.97. The normalized spacial score (nSPS) is 40.0. The van der Waals surface area contributed by atoms with Crippen LogP contribution in [-0.4, -0.2) is 44.7 Å². The van der Waals surface area contributed by atoms with E-state index in [1.807, 2.05) is 0 Å². The first-order valence-electron chi connectivity index (χ1n) is 7.24. The summed E-state index contributed by atoms with van der Waals surface area (Å²) >= 11 is 0. The van der Waals surface area contributed by atoms with Crippen molar-refractivity contribution in [3.05, 3.63) is 0 Å². The van der Waals surface area contributed by atoms with Gasteiger partial charge in [-0.2, -0.15) is 0 Å². The number of nitrogens with two attached hydrogens (primary N) is 1. The van der Waals surface area contributed by atoms with Crippen LogP contribution in [0.5, 0.6) is 0 Å². The van der Waals surface area contributed by atoms with Gasteiger partial charge in [-0.25, -0.2) is 0 Å². The van der Waals surface area contributed by atoms with Gasteiger partial charge in [-0.05, 0) is 37.5 Å². The van der Waals surface area contributed by atoms with Crippen LogP contribution in [0.3, 0.4) is 0 Å². The Bertz CT molecular complexity index is 287. The lowest BCUT2D eigenvalue weighted by Crippen LogP contribution is -2.50. The summed E-state index contributed by atoms with van der Waals surface area (Å²) in [4.78, 5) is 0. The largest absolute Gasteiger partial charge is 0.380 e. The van der Waals surface area contributed by atoms with Gasteiger partial charge in [-0.1, -0.05) is 0 Å². The second-order valence-electron chi connectivity index (χ2n) is 6.20. The highest BCUT2D eigenvalue weighted by atomic mass is 16.6. The number of hydrogen-bond donors (Lipinski definition) is 1. The van der Waals surface area contributed by atoms with Crippen LogP contribution < -0.4 is 5.73 Å². The Morgan fingerprint density at radius 2 is 2.06 bits per heavy atom. The fourth-order valence-electron chi connectivity index (χ4n) is 3.61. The number of ether oxygens (including phenoxy) is 3. The molecule has 1 spiro atoms. The van der Waals surface area contributed by atoms with E-state index >= 15 is 0 Å². The fraction of sp³-hybridized carbons (Fsp3) is 1.00. The number of hydrogen-bond acceptors (Lipinski definition) is 4. The SMILES string of the molecule is COC(C1CC1)C(N)C1CCOC2(CCOC2)C1. The van der Waals surface area contributed by atoms with Crippen LogP contribution in [0.1, 0.15) is 32.1 Å². The minimum absolute atomic E-state index is 0.0393. The second-order valence-corrected chi connectivity index (χ2v) is 6.20. The Kier molecular flexibility index (Phi) is 3.63. The van der Waals surface area contributed by atoms with Crippen molar-refractivity contribution in [2.45, 2.75) is 49.9 Å². The van der Waals surface area contributed by atoms with Crippen LogP contribution in [0.15, 0.2) is 0 Å². The lowest BCUT2D eigenvalue weighted by atomic mass is 9.79. The number of methoxy groups -OCH3 is 1. The first-order chi connectivity index (χ1) is 8.74. The van der Waals surface area contributed by atoms with Crippen molar-refractivity contribution in [1.82, 2.24) is 0 Å². The van der Waals surface area contributed by atoms with Crippen molar-refractivity contribution in [2.75, 3.05) is 26.9 Å². The van der Waals surface area contributed by atoms with Crippen molar-refractivity contribution in [3.63, 3.8) is 0 Å². The second kappa shape index (κ2) is 5.08. The third-order valence-corrected chi connectivity index (χ3v) is 4.88. The van der Waals surface area contributed by atoms with Crippen LogP contribution in [0.4, 0.5) is 0 Å². The maximum absolute atomic E-state index is 6.47. The van der Waals surface area contributed by atoms with Gasteiger partial charge in [0.05, 0.1) is 18.3 Å². The molecule has 1 saturated carbocycles. The van der Waals surface area contributed by atoms with E-state index in [1.165, 1.54) is 12.8 Å². The summed E-state index contributed by atoms with van der Waals surface area (Å²) in [5.41, 5.74) is 6.43. The Balaban J connectivity index is 1.63. The molecule has 0 aromatic rings. The molecule has 0 aromatic heterocycles. The minimum atomic E-state index is -0.0393. The Morgan fingerprint density at radius 3 is 2.67 bits per heavy atom. The Hall–Kier alpha value is -0.160. The van der Waals surface area contributed by atoms with Gasteiger partial charge in [-0.3, -0.25) is 0 Å². The molecule has 4 heteroatoms. The quantitative estimate of drug-likeness (QED) is 0.823. The smallest absolute Gasteiger partial charge is 0.0939 e. The Labute approximate surface area is 109 Å². The zero-order valence-electron chi connectivity index (χ0n) is 11.3. The van der Waals surface area contributed by atoms with E-state index in [2.05, 4.69) is 0 Å². The Morgan fingerprint density at radius 1 is 1.22 bits per heavy atom. The molecule has 3 fully saturated rings. The van der Waals surface area contributed by atoms with Gasteiger partial charge in [0.25, 0.3) is 0 Å². The molecule has 1 aliphatic carbocycles. The monoisotopic (exact) mass is 255 g/mol. The lowest BCUT2D eigenvalue weighted by molar-refractivity contribution is -0.109. The minimum Gasteiger partial charge on any atom is -0.380 e. The van der Waals surface area contributed by atoms with Crippen LogP contribution in [-0.2, 0) is 14.2 Å². The molecule has 2 N–H and O–H groups in total. The van der Waals surface area contributed by atoms with E-state index < -0.39 is 0 Å². The van der Waals surface area contributed by atoms with Crippen molar-refractivity contribution in [2.24, 2.45) is 17.6 Å². The van der Waals surface area contributed by atoms with Crippen LogP contribution >= 0.6 is 0 Å². The van der Waals surface area contributed by atoms with E-state index in [-0.39, 0.29) is 17.7 Å². The maximum Gasteiger partial charge on any atom is 0.0939 e. The molecule has 2 heterocycles. The fourth-order valence-corrected chi connectivity index (χ4v) is 3.61. The zero-order chi connectivity index (χ0) is 12.6. The van der Waals surface area contributed by atoms with Gasteiger partial charge in [0.1, 0.15) is 0 Å². The molecular formula is C14H25NO3. The number of rotatable bonds is 4. The molecule has 4 nitrogen and oxygen atoms in total. The van der Waals surface area contributed by atoms with Gasteiger partial charge < -0.3 is 19.9 Å². The molecule has 3 aliphatic rings. The van der Waals surface area contributed by atoms with Gasteiger partial charge in [0.15, 0.2) is 0 Å². The summed E-state index contributed by atoms with van der Waals surface area (Å²) in [6, 6.07) is 0.156. The molecule has 18 heavy (non-hydrogen) atoms. The molecule has 0 amide bonds. The van der Waals surface area contributed by atoms with Crippen molar-refractivity contribution in [1.29, 1.82) is 0 Å². The highest BCUT2D eigenvalue weighted by Crippen LogP contribution is 2.41. The summed E-state index contributed by atoms with van der Waals surface area (Å²) in [6.45, 7) is 2.40. The first-order valence-corrected chi connectivity index (χ1v) is 7.24. The van der Waals surface area contributed by atoms with E-state index in [4.69, 9.17) is 19.9 Å². The predicted octanol–water partition coefficient (Wildman–Crippen LogP) is 1.32. The van der Waals surface area contributed by atoms with E-state index in [1.54, 1.807) is 7.11 Å². The van der Waals surface area contributed by atoms with Gasteiger partial charge in [0, 0.05) is 32.8 Å². The molecule has 2 aliphatic heterocycles. The third-order valence-electron chi connectivity index (χ3n) is 4.88. The average molecular weight is 255 g/mol. The maximum atomic E-state index is 6.47.